The molecule has 0 saturated carbocycles. The third-order valence-corrected chi connectivity index (χ3v) is 2.80. The SMILES string of the molecule is NC(=O)c1c(F)cccc1NCCn1cnc(C(=O)O)c1. The summed E-state index contributed by atoms with van der Waals surface area (Å²) in [6.45, 7) is 0.744. The zero-order valence-electron chi connectivity index (χ0n) is 10.9. The van der Waals surface area contributed by atoms with Gasteiger partial charge in [-0.1, -0.05) is 6.07 Å². The van der Waals surface area contributed by atoms with Gasteiger partial charge in [-0.05, 0) is 12.1 Å². The lowest BCUT2D eigenvalue weighted by Gasteiger charge is -2.10. The number of aromatic nitrogens is 2. The molecular formula is C13H13FN4O3. The predicted octanol–water partition coefficient (Wildman–Crippen LogP) is 0.931. The molecule has 0 atom stereocenters. The zero-order chi connectivity index (χ0) is 15.4. The molecule has 0 aliphatic heterocycles. The minimum Gasteiger partial charge on any atom is -0.476 e. The number of nitrogens with one attached hydrogen (secondary N) is 1. The van der Waals surface area contributed by atoms with E-state index in [4.69, 9.17) is 10.8 Å². The molecule has 4 N–H and O–H groups in total. The normalized spacial score (nSPS) is 10.3. The molecule has 110 valence electrons. The molecule has 1 aromatic heterocycles. The Bertz CT molecular complexity index is 684. The first-order valence-corrected chi connectivity index (χ1v) is 6.06. The fourth-order valence-corrected chi connectivity index (χ4v) is 1.83. The Morgan fingerprint density at radius 2 is 2.19 bits per heavy atom. The molecule has 2 rings (SSSR count). The Hall–Kier alpha value is -2.90. The maximum atomic E-state index is 13.5. The van der Waals surface area contributed by atoms with Gasteiger partial charge in [0.05, 0.1) is 11.9 Å². The number of hydrogen-bond donors (Lipinski definition) is 3. The number of hydrogen-bond acceptors (Lipinski definition) is 4. The van der Waals surface area contributed by atoms with Crippen LogP contribution < -0.4 is 11.1 Å². The van der Waals surface area contributed by atoms with Gasteiger partial charge in [0.1, 0.15) is 5.82 Å². The standard InChI is InChI=1S/C13H13FN4O3/c14-8-2-1-3-9(11(8)12(15)19)16-4-5-18-6-10(13(20)21)17-7-18/h1-3,6-7,16H,4-5H2,(H2,15,19)(H,20,21). The van der Waals surface area contributed by atoms with Crippen LogP contribution in [0.15, 0.2) is 30.7 Å². The summed E-state index contributed by atoms with van der Waals surface area (Å²) in [7, 11) is 0. The fraction of sp³-hybridized carbons (Fsp3) is 0.154. The summed E-state index contributed by atoms with van der Waals surface area (Å²) in [4.78, 5) is 25.6. The molecule has 0 fully saturated rings. The monoisotopic (exact) mass is 292 g/mol. The van der Waals surface area contributed by atoms with E-state index >= 15 is 0 Å². The number of carbonyl (C=O) groups excluding carboxylic acids is 1. The smallest absolute Gasteiger partial charge is 0.356 e. The summed E-state index contributed by atoms with van der Waals surface area (Å²) in [5.41, 5.74) is 5.17. The Kier molecular flexibility index (Phi) is 4.17. The van der Waals surface area contributed by atoms with Gasteiger partial charge in [0.2, 0.25) is 0 Å². The van der Waals surface area contributed by atoms with E-state index in [1.807, 2.05) is 0 Å². The van der Waals surface area contributed by atoms with Crippen molar-refractivity contribution in [3.8, 4) is 0 Å². The largest absolute Gasteiger partial charge is 0.476 e. The highest BCUT2D eigenvalue weighted by Crippen LogP contribution is 2.18. The lowest BCUT2D eigenvalue weighted by molar-refractivity contribution is 0.0690. The molecule has 21 heavy (non-hydrogen) atoms. The Balaban J connectivity index is 2.02. The van der Waals surface area contributed by atoms with Gasteiger partial charge in [-0.3, -0.25) is 4.79 Å². The number of amides is 1. The molecule has 0 unspecified atom stereocenters. The molecule has 0 saturated heterocycles. The van der Waals surface area contributed by atoms with Crippen molar-refractivity contribution in [3.63, 3.8) is 0 Å². The quantitative estimate of drug-likeness (QED) is 0.733. The van der Waals surface area contributed by atoms with Crippen molar-refractivity contribution >= 4 is 17.6 Å². The lowest BCUT2D eigenvalue weighted by Crippen LogP contribution is -2.18. The average Bonchev–Trinajstić information content (AvgIpc) is 2.87. The number of carboxylic acids is 1. The van der Waals surface area contributed by atoms with E-state index in [0.29, 0.717) is 18.8 Å². The third-order valence-electron chi connectivity index (χ3n) is 2.80. The van der Waals surface area contributed by atoms with Crippen LogP contribution in [-0.2, 0) is 6.54 Å². The minimum absolute atomic E-state index is 0.0569. The second-order valence-corrected chi connectivity index (χ2v) is 4.26. The van der Waals surface area contributed by atoms with Crippen LogP contribution in [0, 0.1) is 5.82 Å². The van der Waals surface area contributed by atoms with Crippen molar-refractivity contribution in [3.05, 3.63) is 47.8 Å². The van der Waals surface area contributed by atoms with E-state index < -0.39 is 17.7 Å². The molecule has 2 aromatic rings. The van der Waals surface area contributed by atoms with E-state index in [1.165, 1.54) is 18.6 Å². The first kappa shape index (κ1) is 14.5. The maximum absolute atomic E-state index is 13.5. The van der Waals surface area contributed by atoms with Crippen molar-refractivity contribution < 1.29 is 19.1 Å². The van der Waals surface area contributed by atoms with Gasteiger partial charge in [0.15, 0.2) is 5.69 Å². The fourth-order valence-electron chi connectivity index (χ4n) is 1.83. The predicted molar refractivity (Wildman–Crippen MR) is 72.6 cm³/mol. The summed E-state index contributed by atoms with van der Waals surface area (Å²) in [6.07, 6.45) is 2.76. The Morgan fingerprint density at radius 1 is 1.43 bits per heavy atom. The van der Waals surface area contributed by atoms with Gasteiger partial charge in [-0.2, -0.15) is 0 Å². The molecular weight excluding hydrogens is 279 g/mol. The third kappa shape index (κ3) is 3.35. The van der Waals surface area contributed by atoms with Gasteiger partial charge in [0, 0.05) is 25.0 Å². The van der Waals surface area contributed by atoms with Crippen molar-refractivity contribution in [2.45, 2.75) is 6.54 Å². The van der Waals surface area contributed by atoms with Gasteiger partial charge in [0.25, 0.3) is 5.91 Å². The summed E-state index contributed by atoms with van der Waals surface area (Å²) in [5.74, 6) is -2.66. The van der Waals surface area contributed by atoms with Crippen LogP contribution in [0.3, 0.4) is 0 Å². The van der Waals surface area contributed by atoms with E-state index in [0.717, 1.165) is 6.07 Å². The summed E-state index contributed by atoms with van der Waals surface area (Å²) in [5, 5.41) is 11.6. The molecule has 0 aliphatic rings. The number of anilines is 1. The van der Waals surface area contributed by atoms with E-state index in [2.05, 4.69) is 10.3 Å². The topological polar surface area (TPSA) is 110 Å². The molecule has 1 amide bonds. The van der Waals surface area contributed by atoms with E-state index in [9.17, 15) is 14.0 Å². The van der Waals surface area contributed by atoms with Crippen LogP contribution in [0.25, 0.3) is 0 Å². The van der Waals surface area contributed by atoms with Crippen LogP contribution in [-0.4, -0.2) is 33.1 Å². The van der Waals surface area contributed by atoms with Crippen molar-refractivity contribution in [1.29, 1.82) is 0 Å². The molecule has 1 aromatic carbocycles. The zero-order valence-corrected chi connectivity index (χ0v) is 10.9. The number of nitrogens with two attached hydrogens (primary N) is 1. The van der Waals surface area contributed by atoms with Gasteiger partial charge >= 0.3 is 5.97 Å². The molecule has 0 spiro atoms. The van der Waals surface area contributed by atoms with Crippen LogP contribution in [0.5, 0.6) is 0 Å². The first-order chi connectivity index (χ1) is 9.99. The van der Waals surface area contributed by atoms with Crippen molar-refractivity contribution in [2.75, 3.05) is 11.9 Å². The molecule has 0 aliphatic carbocycles. The highest BCUT2D eigenvalue weighted by atomic mass is 19.1. The number of halogens is 1. The summed E-state index contributed by atoms with van der Waals surface area (Å²) < 4.78 is 15.1. The van der Waals surface area contributed by atoms with Gasteiger partial charge in [-0.15, -0.1) is 0 Å². The van der Waals surface area contributed by atoms with Gasteiger partial charge in [-0.25, -0.2) is 14.2 Å². The van der Waals surface area contributed by atoms with Crippen LogP contribution >= 0.6 is 0 Å². The molecule has 1 heterocycles. The summed E-state index contributed by atoms with van der Waals surface area (Å²) >= 11 is 0. The van der Waals surface area contributed by atoms with E-state index in [1.54, 1.807) is 10.6 Å². The van der Waals surface area contributed by atoms with Crippen LogP contribution in [0.2, 0.25) is 0 Å². The number of nitrogens with zero attached hydrogens (tertiary/aromatic N) is 2. The first-order valence-electron chi connectivity index (χ1n) is 6.06. The lowest BCUT2D eigenvalue weighted by atomic mass is 10.1. The number of aromatic carboxylic acids is 1. The molecule has 8 heteroatoms. The second kappa shape index (κ2) is 6.04. The number of imidazole rings is 1. The number of benzene rings is 1. The number of carboxylic acid groups (broad SMARTS) is 1. The summed E-state index contributed by atoms with van der Waals surface area (Å²) in [6, 6.07) is 4.16. The Labute approximate surface area is 119 Å². The van der Waals surface area contributed by atoms with Crippen LogP contribution in [0.1, 0.15) is 20.8 Å². The molecule has 7 nitrogen and oxygen atoms in total. The average molecular weight is 292 g/mol. The maximum Gasteiger partial charge on any atom is 0.356 e. The van der Waals surface area contributed by atoms with Crippen LogP contribution in [0.4, 0.5) is 10.1 Å². The highest BCUT2D eigenvalue weighted by molar-refractivity contribution is 5.98. The van der Waals surface area contributed by atoms with Crippen molar-refractivity contribution in [1.82, 2.24) is 9.55 Å². The number of rotatable bonds is 6. The van der Waals surface area contributed by atoms with Gasteiger partial charge < -0.3 is 20.7 Å². The minimum atomic E-state index is -1.11. The Morgan fingerprint density at radius 3 is 2.81 bits per heavy atom. The van der Waals surface area contributed by atoms with E-state index in [-0.39, 0.29) is 11.3 Å². The molecule has 0 bridgehead atoms. The van der Waals surface area contributed by atoms with Crippen molar-refractivity contribution in [2.24, 2.45) is 5.73 Å². The molecule has 0 radical (unpaired) electrons. The highest BCUT2D eigenvalue weighted by Gasteiger charge is 2.13. The number of carbonyl (C=O) groups is 2. The number of primary amides is 1. The second-order valence-electron chi connectivity index (χ2n) is 4.26.